The monoisotopic (exact) mass is 333 g/mol. The standard InChI is InChI=1S/C17H18FN2O4/c18-11-5-3-10(12(8-11)16(19)23)4-6-15(22)20-17-7-1-2-14(17)24-9-13(17)21/h3,5-6,8,14H,1-2,4,7,9H2,(H2,19,23)(H,20,22). The van der Waals surface area contributed by atoms with Crippen LogP contribution in [0.4, 0.5) is 4.39 Å². The van der Waals surface area contributed by atoms with E-state index in [0.29, 0.717) is 12.0 Å². The number of amides is 2. The number of carbonyl (C=O) groups is 3. The molecule has 0 spiro atoms. The van der Waals surface area contributed by atoms with Crippen molar-refractivity contribution in [2.45, 2.75) is 37.3 Å². The van der Waals surface area contributed by atoms with E-state index in [2.05, 4.69) is 5.32 Å². The molecule has 127 valence electrons. The summed E-state index contributed by atoms with van der Waals surface area (Å²) in [5.41, 5.74) is 4.79. The number of Topliss-reactive ketones (excluding diaryl/α,β-unsaturated/α-hetero) is 1. The Bertz CT molecular complexity index is 706. The van der Waals surface area contributed by atoms with Crippen LogP contribution in [0.5, 0.6) is 0 Å². The van der Waals surface area contributed by atoms with Gasteiger partial charge in [0, 0.05) is 5.56 Å². The van der Waals surface area contributed by atoms with Gasteiger partial charge in [0.15, 0.2) is 5.78 Å². The number of ether oxygens (including phenoxy) is 1. The Morgan fingerprint density at radius 1 is 1.46 bits per heavy atom. The van der Waals surface area contributed by atoms with Gasteiger partial charge in [0.1, 0.15) is 18.0 Å². The van der Waals surface area contributed by atoms with Gasteiger partial charge in [0.25, 0.3) is 0 Å². The molecule has 0 aromatic heterocycles. The minimum Gasteiger partial charge on any atom is -0.367 e. The molecule has 1 aliphatic carbocycles. The second-order valence-corrected chi connectivity index (χ2v) is 6.15. The first-order valence-corrected chi connectivity index (χ1v) is 7.81. The highest BCUT2D eigenvalue weighted by Gasteiger charge is 2.54. The third kappa shape index (κ3) is 2.91. The fraction of sp³-hybridized carbons (Fsp3) is 0.412. The molecule has 3 rings (SSSR count). The average Bonchev–Trinajstić information content (AvgIpc) is 3.06. The lowest BCUT2D eigenvalue weighted by molar-refractivity contribution is -0.128. The number of carbonyl (C=O) groups excluding carboxylic acids is 3. The predicted octanol–water partition coefficient (Wildman–Crippen LogP) is 0.678. The van der Waals surface area contributed by atoms with Crippen molar-refractivity contribution in [1.82, 2.24) is 5.32 Å². The second kappa shape index (κ2) is 6.32. The summed E-state index contributed by atoms with van der Waals surface area (Å²) in [6.07, 6.45) is 3.31. The summed E-state index contributed by atoms with van der Waals surface area (Å²) >= 11 is 0. The Morgan fingerprint density at radius 3 is 3.00 bits per heavy atom. The van der Waals surface area contributed by atoms with Gasteiger partial charge in [-0.2, -0.15) is 0 Å². The van der Waals surface area contributed by atoms with Crippen LogP contribution in [-0.4, -0.2) is 35.8 Å². The lowest BCUT2D eigenvalue weighted by Gasteiger charge is -2.27. The van der Waals surface area contributed by atoms with Gasteiger partial charge in [-0.3, -0.25) is 14.4 Å². The Balaban J connectivity index is 1.66. The molecule has 24 heavy (non-hydrogen) atoms. The smallest absolute Gasteiger partial charge is 0.249 e. The Morgan fingerprint density at radius 2 is 2.25 bits per heavy atom. The van der Waals surface area contributed by atoms with Crippen LogP contribution in [0.2, 0.25) is 0 Å². The summed E-state index contributed by atoms with van der Waals surface area (Å²) in [6.45, 7) is 0.0226. The summed E-state index contributed by atoms with van der Waals surface area (Å²) in [6, 6.07) is 3.66. The molecule has 0 bridgehead atoms. The summed E-state index contributed by atoms with van der Waals surface area (Å²) in [7, 11) is 0. The summed E-state index contributed by atoms with van der Waals surface area (Å²) in [5.74, 6) is -1.85. The Labute approximate surface area is 138 Å². The molecular formula is C17H18FN2O4. The topological polar surface area (TPSA) is 98.5 Å². The van der Waals surface area contributed by atoms with Crippen LogP contribution in [0.1, 0.15) is 35.2 Å². The van der Waals surface area contributed by atoms with E-state index < -0.39 is 23.2 Å². The molecule has 3 N–H and O–H groups in total. The van der Waals surface area contributed by atoms with E-state index in [-0.39, 0.29) is 30.5 Å². The van der Waals surface area contributed by atoms with E-state index >= 15 is 0 Å². The maximum atomic E-state index is 13.2. The number of benzene rings is 1. The fourth-order valence-corrected chi connectivity index (χ4v) is 3.47. The number of hydrogen-bond donors (Lipinski definition) is 2. The van der Waals surface area contributed by atoms with E-state index in [4.69, 9.17) is 10.5 Å². The maximum absolute atomic E-state index is 13.2. The van der Waals surface area contributed by atoms with Crippen LogP contribution in [0.15, 0.2) is 18.2 Å². The highest BCUT2D eigenvalue weighted by molar-refractivity contribution is 5.98. The van der Waals surface area contributed by atoms with E-state index in [0.717, 1.165) is 18.9 Å². The first kappa shape index (κ1) is 16.6. The third-order valence-corrected chi connectivity index (χ3v) is 4.69. The van der Waals surface area contributed by atoms with Crippen LogP contribution in [0, 0.1) is 12.2 Å². The second-order valence-electron chi connectivity index (χ2n) is 6.15. The van der Waals surface area contributed by atoms with Crippen molar-refractivity contribution < 1.29 is 23.5 Å². The first-order valence-electron chi connectivity index (χ1n) is 7.81. The van der Waals surface area contributed by atoms with Gasteiger partial charge in [-0.1, -0.05) is 6.07 Å². The molecular weight excluding hydrogens is 315 g/mol. The van der Waals surface area contributed by atoms with Crippen molar-refractivity contribution in [2.75, 3.05) is 6.61 Å². The van der Waals surface area contributed by atoms with Crippen LogP contribution < -0.4 is 11.1 Å². The molecule has 1 aromatic carbocycles. The SMILES string of the molecule is NC(=O)c1cc(F)ccc1C[CH]C(=O)NC12CCCC1OCC2=O. The maximum Gasteiger partial charge on any atom is 0.249 e. The number of halogens is 1. The molecule has 1 aliphatic heterocycles. The Kier molecular flexibility index (Phi) is 4.36. The minimum absolute atomic E-state index is 0.0226. The zero-order valence-electron chi connectivity index (χ0n) is 13.0. The molecule has 2 aliphatic rings. The molecule has 1 aromatic rings. The third-order valence-electron chi connectivity index (χ3n) is 4.69. The van der Waals surface area contributed by atoms with Crippen molar-refractivity contribution in [2.24, 2.45) is 5.73 Å². The highest BCUT2D eigenvalue weighted by Crippen LogP contribution is 2.37. The number of primary amides is 1. The normalized spacial score (nSPS) is 25.5. The molecule has 6 nitrogen and oxygen atoms in total. The van der Waals surface area contributed by atoms with Gasteiger partial charge in [0.05, 0.1) is 12.5 Å². The van der Waals surface area contributed by atoms with Crippen molar-refractivity contribution in [3.05, 3.63) is 41.6 Å². The lowest BCUT2D eigenvalue weighted by Crippen LogP contribution is -2.56. The van der Waals surface area contributed by atoms with Crippen LogP contribution in [0.25, 0.3) is 0 Å². The molecule has 7 heteroatoms. The van der Waals surface area contributed by atoms with E-state index in [1.54, 1.807) is 0 Å². The minimum atomic E-state index is -0.928. The molecule has 2 unspecified atom stereocenters. The van der Waals surface area contributed by atoms with Crippen LogP contribution in [-0.2, 0) is 20.7 Å². The molecule has 1 heterocycles. The van der Waals surface area contributed by atoms with E-state index in [1.165, 1.54) is 18.6 Å². The summed E-state index contributed by atoms with van der Waals surface area (Å²) in [5, 5.41) is 2.78. The van der Waals surface area contributed by atoms with Crippen molar-refractivity contribution in [1.29, 1.82) is 0 Å². The van der Waals surface area contributed by atoms with Gasteiger partial charge in [-0.25, -0.2) is 4.39 Å². The highest BCUT2D eigenvalue weighted by atomic mass is 19.1. The summed E-state index contributed by atoms with van der Waals surface area (Å²) in [4.78, 5) is 35.7. The molecule has 1 radical (unpaired) electrons. The number of ketones is 1. The molecule has 2 atom stereocenters. The first-order chi connectivity index (χ1) is 11.4. The number of nitrogens with two attached hydrogens (primary N) is 1. The summed E-state index contributed by atoms with van der Waals surface area (Å²) < 4.78 is 18.7. The molecule has 2 amide bonds. The number of hydrogen-bond acceptors (Lipinski definition) is 4. The average molecular weight is 333 g/mol. The van der Waals surface area contributed by atoms with Crippen LogP contribution >= 0.6 is 0 Å². The fourth-order valence-electron chi connectivity index (χ4n) is 3.47. The van der Waals surface area contributed by atoms with Crippen molar-refractivity contribution in [3.8, 4) is 0 Å². The number of rotatable bonds is 5. The van der Waals surface area contributed by atoms with Gasteiger partial charge >= 0.3 is 0 Å². The van der Waals surface area contributed by atoms with Gasteiger partial charge < -0.3 is 15.8 Å². The largest absolute Gasteiger partial charge is 0.367 e. The van der Waals surface area contributed by atoms with Gasteiger partial charge in [0.2, 0.25) is 11.8 Å². The van der Waals surface area contributed by atoms with E-state index in [9.17, 15) is 18.8 Å². The quantitative estimate of drug-likeness (QED) is 0.828. The van der Waals surface area contributed by atoms with Gasteiger partial charge in [-0.15, -0.1) is 0 Å². The van der Waals surface area contributed by atoms with Crippen molar-refractivity contribution >= 4 is 17.6 Å². The predicted molar refractivity (Wildman–Crippen MR) is 82.4 cm³/mol. The lowest BCUT2D eigenvalue weighted by atomic mass is 9.92. The zero-order valence-corrected chi connectivity index (χ0v) is 13.0. The molecule has 1 saturated carbocycles. The molecule has 2 fully saturated rings. The van der Waals surface area contributed by atoms with Crippen LogP contribution in [0.3, 0.4) is 0 Å². The number of fused-ring (bicyclic) bond motifs is 1. The van der Waals surface area contributed by atoms with E-state index in [1.807, 2.05) is 0 Å². The zero-order chi connectivity index (χ0) is 17.3. The number of nitrogens with one attached hydrogen (secondary N) is 1. The molecule has 1 saturated heterocycles. The Hall–Kier alpha value is -2.28. The van der Waals surface area contributed by atoms with Crippen molar-refractivity contribution in [3.63, 3.8) is 0 Å². The van der Waals surface area contributed by atoms with Gasteiger partial charge in [-0.05, 0) is 43.4 Å².